The molecular weight excluding hydrogens is 518 g/mol. The molecule has 0 fully saturated rings. The number of aromatic nitrogens is 2. The zero-order valence-electron chi connectivity index (χ0n) is 16.3. The van der Waals surface area contributed by atoms with Crippen molar-refractivity contribution in [1.82, 2.24) is 9.97 Å². The minimum atomic E-state index is -0.233. The Morgan fingerprint density at radius 3 is 2.00 bits per heavy atom. The van der Waals surface area contributed by atoms with Gasteiger partial charge in [0.1, 0.15) is 5.82 Å². The van der Waals surface area contributed by atoms with Gasteiger partial charge in [0.15, 0.2) is 0 Å². The zero-order chi connectivity index (χ0) is 21.2. The Hall–Kier alpha value is -2.77. The normalized spacial score (nSPS) is 11.0. The summed E-state index contributed by atoms with van der Waals surface area (Å²) >= 11 is 2.28. The Balaban J connectivity index is 1.43. The van der Waals surface area contributed by atoms with Crippen LogP contribution in [-0.4, -0.2) is 9.97 Å². The molecule has 0 amide bonds. The number of benzene rings is 3. The number of rotatable bonds is 4. The number of halogens is 2. The van der Waals surface area contributed by atoms with Crippen LogP contribution in [0.3, 0.4) is 0 Å². The summed E-state index contributed by atoms with van der Waals surface area (Å²) in [6.45, 7) is 0. The number of fused-ring (bicyclic) bond motifs is 1. The average Bonchev–Trinajstić information content (AvgIpc) is 2.84. The van der Waals surface area contributed by atoms with E-state index >= 15 is 0 Å². The monoisotopic (exact) mass is 534 g/mol. The SMILES string of the molecule is Fc1ccc(-c2ccc3cc(-c4ccc(-c5ccc(SI)cc5)nc4)cnc3c2)cc1. The Morgan fingerprint density at radius 1 is 0.613 bits per heavy atom. The van der Waals surface area contributed by atoms with Crippen LogP contribution in [-0.2, 0) is 0 Å². The van der Waals surface area contributed by atoms with E-state index in [0.717, 1.165) is 44.4 Å². The summed E-state index contributed by atoms with van der Waals surface area (Å²) in [6.07, 6.45) is 3.77. The van der Waals surface area contributed by atoms with Crippen LogP contribution >= 0.6 is 30.1 Å². The molecule has 0 aliphatic heterocycles. The summed E-state index contributed by atoms with van der Waals surface area (Å²) in [5, 5.41) is 1.05. The summed E-state index contributed by atoms with van der Waals surface area (Å²) in [4.78, 5) is 10.5. The molecule has 0 saturated heterocycles. The highest BCUT2D eigenvalue weighted by Crippen LogP contribution is 2.29. The predicted octanol–water partition coefficient (Wildman–Crippen LogP) is 8.21. The summed E-state index contributed by atoms with van der Waals surface area (Å²) in [5.41, 5.74) is 7.00. The van der Waals surface area contributed by atoms with Crippen LogP contribution in [0.5, 0.6) is 0 Å². The second-order valence-electron chi connectivity index (χ2n) is 7.17. The third kappa shape index (κ3) is 4.34. The van der Waals surface area contributed by atoms with Crippen LogP contribution in [0.4, 0.5) is 4.39 Å². The molecule has 5 rings (SSSR count). The topological polar surface area (TPSA) is 25.8 Å². The summed E-state index contributed by atoms with van der Waals surface area (Å²) in [7, 11) is 1.70. The maximum atomic E-state index is 13.2. The van der Waals surface area contributed by atoms with Crippen LogP contribution in [0.15, 0.2) is 102 Å². The van der Waals surface area contributed by atoms with Gasteiger partial charge < -0.3 is 0 Å². The van der Waals surface area contributed by atoms with Gasteiger partial charge >= 0.3 is 0 Å². The van der Waals surface area contributed by atoms with Gasteiger partial charge in [-0.1, -0.05) is 51.4 Å². The summed E-state index contributed by atoms with van der Waals surface area (Å²) in [5.74, 6) is -0.233. The molecular formula is C26H16FIN2S. The van der Waals surface area contributed by atoms with Crippen LogP contribution in [0, 0.1) is 5.82 Å². The van der Waals surface area contributed by atoms with Gasteiger partial charge in [-0.3, -0.25) is 9.97 Å². The fourth-order valence-electron chi connectivity index (χ4n) is 3.51. The molecule has 0 saturated carbocycles. The maximum absolute atomic E-state index is 13.2. The first kappa shape index (κ1) is 20.2. The minimum absolute atomic E-state index is 0.233. The van der Waals surface area contributed by atoms with Gasteiger partial charge in [0.2, 0.25) is 0 Å². The molecule has 0 spiro atoms. The van der Waals surface area contributed by atoms with E-state index in [1.807, 2.05) is 30.6 Å². The van der Waals surface area contributed by atoms with Crippen molar-refractivity contribution in [3.63, 3.8) is 0 Å². The molecule has 0 atom stereocenters. The molecule has 150 valence electrons. The van der Waals surface area contributed by atoms with E-state index in [4.69, 9.17) is 0 Å². The fourth-order valence-corrected chi connectivity index (χ4v) is 4.63. The Labute approximate surface area is 196 Å². The molecule has 5 heteroatoms. The number of pyridine rings is 2. The smallest absolute Gasteiger partial charge is 0.123 e. The molecule has 0 unspecified atom stereocenters. The van der Waals surface area contributed by atoms with Crippen molar-refractivity contribution in [2.24, 2.45) is 0 Å². The summed E-state index contributed by atoms with van der Waals surface area (Å²) in [6, 6.07) is 27.3. The van der Waals surface area contributed by atoms with Crippen molar-refractivity contribution in [2.45, 2.75) is 4.90 Å². The molecule has 5 aromatic rings. The molecule has 31 heavy (non-hydrogen) atoms. The van der Waals surface area contributed by atoms with E-state index in [1.165, 1.54) is 17.0 Å². The van der Waals surface area contributed by atoms with Crippen molar-refractivity contribution in [1.29, 1.82) is 0 Å². The first-order valence-electron chi connectivity index (χ1n) is 9.71. The number of nitrogens with zero attached hydrogens (tertiary/aromatic N) is 2. The molecule has 0 aliphatic carbocycles. The molecule has 0 aliphatic rings. The van der Waals surface area contributed by atoms with Gasteiger partial charge in [-0.05, 0) is 53.6 Å². The minimum Gasteiger partial charge on any atom is -0.256 e. The molecule has 2 aromatic heterocycles. The van der Waals surface area contributed by atoms with Crippen LogP contribution in [0.1, 0.15) is 0 Å². The van der Waals surface area contributed by atoms with Crippen molar-refractivity contribution < 1.29 is 4.39 Å². The molecule has 0 N–H and O–H groups in total. The van der Waals surface area contributed by atoms with Gasteiger partial charge in [0.05, 0.1) is 11.2 Å². The van der Waals surface area contributed by atoms with E-state index in [0.29, 0.717) is 0 Å². The number of hydrogen-bond donors (Lipinski definition) is 0. The molecule has 0 bridgehead atoms. The van der Waals surface area contributed by atoms with Crippen LogP contribution in [0.2, 0.25) is 0 Å². The fraction of sp³-hybridized carbons (Fsp3) is 0. The van der Waals surface area contributed by atoms with Gasteiger partial charge in [-0.25, -0.2) is 4.39 Å². The summed E-state index contributed by atoms with van der Waals surface area (Å²) < 4.78 is 13.2. The lowest BCUT2D eigenvalue weighted by atomic mass is 10.0. The first-order chi connectivity index (χ1) is 15.2. The zero-order valence-corrected chi connectivity index (χ0v) is 19.3. The highest BCUT2D eigenvalue weighted by atomic mass is 127. The van der Waals surface area contributed by atoms with Crippen molar-refractivity contribution in [3.8, 4) is 33.5 Å². The van der Waals surface area contributed by atoms with Crippen LogP contribution < -0.4 is 0 Å². The van der Waals surface area contributed by atoms with Crippen molar-refractivity contribution >= 4 is 41.0 Å². The van der Waals surface area contributed by atoms with Gasteiger partial charge in [0.25, 0.3) is 0 Å². The standard InChI is InChI=1S/C26H16FIN2S/c27-23-8-3-17(4-9-23)19-1-2-20-13-22(16-30-26(20)14-19)21-7-12-25(29-15-21)18-5-10-24(31-28)11-6-18/h1-16H. The third-order valence-electron chi connectivity index (χ3n) is 5.20. The number of hydrogen-bond acceptors (Lipinski definition) is 3. The van der Waals surface area contributed by atoms with Crippen molar-refractivity contribution in [3.05, 3.63) is 103 Å². The molecule has 3 aromatic carbocycles. The second kappa shape index (κ2) is 8.77. The van der Waals surface area contributed by atoms with Gasteiger partial charge in [-0.15, -0.1) is 0 Å². The van der Waals surface area contributed by atoms with Gasteiger partial charge in [0, 0.05) is 60.6 Å². The van der Waals surface area contributed by atoms with E-state index in [-0.39, 0.29) is 5.82 Å². The van der Waals surface area contributed by atoms with Crippen molar-refractivity contribution in [2.75, 3.05) is 0 Å². The Morgan fingerprint density at radius 2 is 1.29 bits per heavy atom. The maximum Gasteiger partial charge on any atom is 0.123 e. The van der Waals surface area contributed by atoms with E-state index in [2.05, 4.69) is 73.6 Å². The Bertz CT molecular complexity index is 1350. The first-order valence-corrected chi connectivity index (χ1v) is 13.1. The lowest BCUT2D eigenvalue weighted by Gasteiger charge is -2.07. The Kier molecular flexibility index (Phi) is 5.70. The third-order valence-corrected chi connectivity index (χ3v) is 7.17. The highest BCUT2D eigenvalue weighted by molar-refractivity contribution is 14.2. The largest absolute Gasteiger partial charge is 0.256 e. The quantitative estimate of drug-likeness (QED) is 0.217. The van der Waals surface area contributed by atoms with E-state index < -0.39 is 0 Å². The second-order valence-corrected chi connectivity index (χ2v) is 9.12. The van der Waals surface area contributed by atoms with Gasteiger partial charge in [-0.2, -0.15) is 0 Å². The van der Waals surface area contributed by atoms with E-state index in [1.54, 1.807) is 21.1 Å². The van der Waals surface area contributed by atoms with Crippen LogP contribution in [0.25, 0.3) is 44.4 Å². The molecule has 0 radical (unpaired) electrons. The molecule has 2 heterocycles. The lowest BCUT2D eigenvalue weighted by Crippen LogP contribution is -1.88. The average molecular weight is 534 g/mol. The molecule has 2 nitrogen and oxygen atoms in total. The lowest BCUT2D eigenvalue weighted by molar-refractivity contribution is 0.628. The predicted molar refractivity (Wildman–Crippen MR) is 136 cm³/mol. The highest BCUT2D eigenvalue weighted by Gasteiger charge is 2.06. The van der Waals surface area contributed by atoms with E-state index in [9.17, 15) is 4.39 Å².